The van der Waals surface area contributed by atoms with E-state index >= 15 is 0 Å². The highest BCUT2D eigenvalue weighted by Gasteiger charge is 2.63. The first-order valence-electron chi connectivity index (χ1n) is 5.00. The zero-order valence-electron chi connectivity index (χ0n) is 10.7. The lowest BCUT2D eigenvalue weighted by Crippen LogP contribution is -2.58. The average Bonchev–Trinajstić information content (AvgIpc) is 2.22. The molecule has 0 aliphatic rings. The van der Waals surface area contributed by atoms with Crippen LogP contribution in [0.3, 0.4) is 0 Å². The molecule has 13 heteroatoms. The predicted molar refractivity (Wildman–Crippen MR) is 61.1 cm³/mol. The molecule has 0 spiro atoms. The van der Waals surface area contributed by atoms with Gasteiger partial charge in [0, 0.05) is 0 Å². The molecule has 21 heavy (non-hydrogen) atoms. The van der Waals surface area contributed by atoms with E-state index in [1.807, 2.05) is 0 Å². The zero-order chi connectivity index (χ0) is 17.1. The third-order valence-corrected chi connectivity index (χ3v) is 4.28. The summed E-state index contributed by atoms with van der Waals surface area (Å²) in [6.07, 6.45) is -6.10. The van der Waals surface area contributed by atoms with E-state index in [4.69, 9.17) is 15.3 Å². The minimum absolute atomic E-state index is 0.552. The molecule has 0 aromatic carbocycles. The molecule has 122 valence electrons. The Bertz CT molecular complexity index is 482. The number of hydrogen-bond acceptors (Lipinski definition) is 7. The fraction of sp³-hybridized carbons (Fsp3) is 0.625. The average molecular weight is 332 g/mol. The Morgan fingerprint density at radius 2 is 1.38 bits per heavy atom. The maximum absolute atomic E-state index is 11.5. The molecule has 0 heterocycles. The molecule has 5 N–H and O–H groups in total. The molecule has 0 radical (unpaired) electrons. The van der Waals surface area contributed by atoms with E-state index in [-0.39, 0.29) is 0 Å². The van der Waals surface area contributed by atoms with Gasteiger partial charge in [-0.1, -0.05) is 0 Å². The zero-order valence-corrected chi connectivity index (χ0v) is 11.6. The minimum Gasteiger partial charge on any atom is -0.450 e. The summed E-state index contributed by atoms with van der Waals surface area (Å²) in [6.45, 7) is 0.0473. The van der Waals surface area contributed by atoms with E-state index < -0.39 is 43.6 Å². The molecule has 0 saturated carbocycles. The van der Waals surface area contributed by atoms with Gasteiger partial charge in [-0.25, -0.2) is 14.4 Å². The number of ether oxygens (including phenoxy) is 3. The van der Waals surface area contributed by atoms with Gasteiger partial charge in [0.05, 0.1) is 0 Å². The van der Waals surface area contributed by atoms with Crippen LogP contribution < -0.4 is 0 Å². The number of carbonyl (C=O) groups is 3. The smallest absolute Gasteiger partial charge is 0.450 e. The second-order valence-electron chi connectivity index (χ2n) is 4.05. The van der Waals surface area contributed by atoms with Crippen molar-refractivity contribution in [3.05, 3.63) is 0 Å². The lowest BCUT2D eigenvalue weighted by molar-refractivity contribution is -0.143. The maximum atomic E-state index is 11.5. The van der Waals surface area contributed by atoms with Crippen molar-refractivity contribution >= 4 is 26.1 Å². The van der Waals surface area contributed by atoms with Crippen molar-refractivity contribution in [1.82, 2.24) is 0 Å². The van der Waals surface area contributed by atoms with Crippen molar-refractivity contribution in [2.75, 3.05) is 6.61 Å². The van der Waals surface area contributed by atoms with Gasteiger partial charge in [0.15, 0.2) is 5.60 Å². The van der Waals surface area contributed by atoms with E-state index in [1.54, 1.807) is 0 Å². The van der Waals surface area contributed by atoms with Gasteiger partial charge in [-0.15, -0.1) is 0 Å². The lowest BCUT2D eigenvalue weighted by atomic mass is 10.0. The second-order valence-corrected chi connectivity index (χ2v) is 5.99. The molecule has 0 fully saturated rings. The summed E-state index contributed by atoms with van der Waals surface area (Å²) in [5.41, 5.74) is -2.64. The first kappa shape index (κ1) is 19.0. The Kier molecular flexibility index (Phi) is 5.56. The fourth-order valence-electron chi connectivity index (χ4n) is 1.30. The maximum Gasteiger partial charge on any atom is 0.507 e. The summed E-state index contributed by atoms with van der Waals surface area (Å²) in [5.74, 6) is 0. The van der Waals surface area contributed by atoms with Gasteiger partial charge in [-0.3, -0.25) is 4.57 Å². The summed E-state index contributed by atoms with van der Waals surface area (Å²) in [4.78, 5) is 50.1. The van der Waals surface area contributed by atoms with Gasteiger partial charge in [-0.05, 0) is 13.8 Å². The molecule has 12 nitrogen and oxygen atoms in total. The highest BCUT2D eigenvalue weighted by atomic mass is 31.2. The summed E-state index contributed by atoms with van der Waals surface area (Å²) >= 11 is 0. The van der Waals surface area contributed by atoms with E-state index in [2.05, 4.69) is 14.2 Å². The number of hydrogen-bond donors (Lipinski definition) is 5. The standard InChI is InChI=1S/C8H13O12P/c1-7(19-5(11)12,3-18-4(9)10)8(2,20-6(13)14)21(15,16)17/h3H2,1-2H3,(H,9,10)(H,11,12)(H,13,14)(H2,15,16,17). The second kappa shape index (κ2) is 6.16. The third kappa shape index (κ3) is 4.48. The SMILES string of the molecule is CC(COC(=O)O)(OC(=O)O)C(C)(OC(=O)O)P(=O)(O)O. The lowest BCUT2D eigenvalue weighted by Gasteiger charge is -2.41. The molecule has 0 saturated heterocycles. The molecule has 0 aromatic heterocycles. The van der Waals surface area contributed by atoms with E-state index in [9.17, 15) is 28.7 Å². The molecule has 0 bridgehead atoms. The summed E-state index contributed by atoms with van der Waals surface area (Å²) in [7, 11) is -5.44. The quantitative estimate of drug-likeness (QED) is 0.260. The molecular weight excluding hydrogens is 319 g/mol. The van der Waals surface area contributed by atoms with Crippen LogP contribution in [0.1, 0.15) is 13.8 Å². The van der Waals surface area contributed by atoms with Crippen LogP contribution in [0.2, 0.25) is 0 Å². The van der Waals surface area contributed by atoms with Crippen LogP contribution in [0.25, 0.3) is 0 Å². The van der Waals surface area contributed by atoms with Crippen molar-refractivity contribution in [1.29, 1.82) is 0 Å². The first-order valence-corrected chi connectivity index (χ1v) is 6.61. The molecule has 0 rings (SSSR count). The minimum atomic E-state index is -5.44. The van der Waals surface area contributed by atoms with Crippen LogP contribution in [-0.4, -0.2) is 61.1 Å². The molecule has 0 aromatic rings. The van der Waals surface area contributed by atoms with Crippen LogP contribution in [0.5, 0.6) is 0 Å². The Morgan fingerprint density at radius 3 is 1.67 bits per heavy atom. The molecule has 2 unspecified atom stereocenters. The molecule has 0 aliphatic carbocycles. The highest BCUT2D eigenvalue weighted by molar-refractivity contribution is 7.53. The van der Waals surface area contributed by atoms with Gasteiger partial charge < -0.3 is 39.3 Å². The van der Waals surface area contributed by atoms with E-state index in [0.29, 0.717) is 13.8 Å². The monoisotopic (exact) mass is 332 g/mol. The van der Waals surface area contributed by atoms with Gasteiger partial charge >= 0.3 is 26.1 Å². The summed E-state index contributed by atoms with van der Waals surface area (Å²) < 4.78 is 23.9. The molecular formula is C8H13O12P. The third-order valence-electron chi connectivity index (χ3n) is 2.61. The predicted octanol–water partition coefficient (Wildman–Crippen LogP) is 0.723. The van der Waals surface area contributed by atoms with Crippen molar-refractivity contribution in [3.63, 3.8) is 0 Å². The van der Waals surface area contributed by atoms with Crippen LogP contribution in [0.4, 0.5) is 14.4 Å². The van der Waals surface area contributed by atoms with Crippen molar-refractivity contribution in [3.8, 4) is 0 Å². The summed E-state index contributed by atoms with van der Waals surface area (Å²) in [5, 5.41) is 22.5. The van der Waals surface area contributed by atoms with E-state index in [1.165, 1.54) is 0 Å². The molecule has 0 amide bonds. The summed E-state index contributed by atoms with van der Waals surface area (Å²) in [6, 6.07) is 0. The molecule has 2 atom stereocenters. The Labute approximate surface area is 117 Å². The fourth-order valence-corrected chi connectivity index (χ4v) is 2.22. The van der Waals surface area contributed by atoms with Crippen molar-refractivity contribution < 1.29 is 58.3 Å². The topological polar surface area (TPSA) is 197 Å². The van der Waals surface area contributed by atoms with Gasteiger partial charge in [0.2, 0.25) is 0 Å². The number of rotatable bonds is 6. The van der Waals surface area contributed by atoms with Crippen LogP contribution in [0.15, 0.2) is 0 Å². The Hall–Kier alpha value is -2.04. The first-order chi connectivity index (χ1) is 9.25. The normalized spacial score (nSPS) is 17.0. The highest BCUT2D eigenvalue weighted by Crippen LogP contribution is 2.57. The van der Waals surface area contributed by atoms with Gasteiger partial charge in [0.1, 0.15) is 6.61 Å². The Morgan fingerprint density at radius 1 is 0.952 bits per heavy atom. The van der Waals surface area contributed by atoms with Crippen molar-refractivity contribution in [2.45, 2.75) is 24.8 Å². The molecule has 0 aliphatic heterocycles. The van der Waals surface area contributed by atoms with Crippen LogP contribution in [0, 0.1) is 0 Å². The largest absolute Gasteiger partial charge is 0.507 e. The van der Waals surface area contributed by atoms with Crippen LogP contribution >= 0.6 is 7.60 Å². The Balaban J connectivity index is 5.89. The van der Waals surface area contributed by atoms with Gasteiger partial charge in [-0.2, -0.15) is 0 Å². The van der Waals surface area contributed by atoms with Crippen LogP contribution in [-0.2, 0) is 18.8 Å². The van der Waals surface area contributed by atoms with E-state index in [0.717, 1.165) is 0 Å². The number of carboxylic acid groups (broad SMARTS) is 3. The van der Waals surface area contributed by atoms with Crippen molar-refractivity contribution in [2.24, 2.45) is 0 Å². The van der Waals surface area contributed by atoms with Gasteiger partial charge in [0.25, 0.3) is 5.34 Å².